The molecule has 0 spiro atoms. The number of hydrogen-bond donors (Lipinski definition) is 1. The van der Waals surface area contributed by atoms with E-state index in [9.17, 15) is 4.79 Å². The van der Waals surface area contributed by atoms with Gasteiger partial charge in [-0.05, 0) is 31.0 Å². The fourth-order valence-electron chi connectivity index (χ4n) is 1.87. The zero-order valence-corrected chi connectivity index (χ0v) is 13.3. The zero-order valence-electron chi connectivity index (χ0n) is 11.8. The first-order valence-corrected chi connectivity index (χ1v) is 7.95. The van der Waals surface area contributed by atoms with Gasteiger partial charge in [-0.2, -0.15) is 0 Å². The number of halogens is 1. The second kappa shape index (κ2) is 8.00. The van der Waals surface area contributed by atoms with Gasteiger partial charge in [0, 0.05) is 23.2 Å². The molecule has 0 aliphatic carbocycles. The minimum atomic E-state index is -0.157. The van der Waals surface area contributed by atoms with Crippen LogP contribution in [0.1, 0.15) is 23.8 Å². The molecule has 1 N–H and O–H groups in total. The van der Waals surface area contributed by atoms with E-state index in [0.29, 0.717) is 30.5 Å². The molecule has 0 aliphatic heterocycles. The Labute approximate surface area is 133 Å². The molecule has 1 heterocycles. The van der Waals surface area contributed by atoms with Gasteiger partial charge in [-0.3, -0.25) is 4.79 Å². The Morgan fingerprint density at radius 2 is 2.33 bits per heavy atom. The minimum Gasteiger partial charge on any atom is -0.466 e. The lowest BCUT2D eigenvalue weighted by atomic mass is 10.1. The summed E-state index contributed by atoms with van der Waals surface area (Å²) in [5, 5.41) is 3.32. The van der Waals surface area contributed by atoms with Crippen molar-refractivity contribution in [1.82, 2.24) is 4.98 Å². The first-order valence-electron chi connectivity index (χ1n) is 6.76. The molecule has 21 heavy (non-hydrogen) atoms. The lowest BCUT2D eigenvalue weighted by Gasteiger charge is -2.07. The molecule has 1 aromatic heterocycles. The van der Waals surface area contributed by atoms with Crippen LogP contribution >= 0.6 is 22.9 Å². The molecule has 0 bridgehead atoms. The summed E-state index contributed by atoms with van der Waals surface area (Å²) >= 11 is 7.26. The third kappa shape index (κ3) is 5.36. The van der Waals surface area contributed by atoms with E-state index >= 15 is 0 Å². The number of aryl methyl sites for hydroxylation is 1. The highest BCUT2D eigenvalue weighted by Crippen LogP contribution is 2.19. The van der Waals surface area contributed by atoms with Gasteiger partial charge in [0.25, 0.3) is 0 Å². The van der Waals surface area contributed by atoms with Crippen molar-refractivity contribution in [1.29, 1.82) is 0 Å². The Hall–Kier alpha value is -1.59. The van der Waals surface area contributed by atoms with Crippen LogP contribution in [-0.4, -0.2) is 17.6 Å². The molecule has 2 rings (SSSR count). The molecule has 0 fully saturated rings. The van der Waals surface area contributed by atoms with Crippen LogP contribution in [0.5, 0.6) is 0 Å². The lowest BCUT2D eigenvalue weighted by Crippen LogP contribution is -2.05. The number of benzene rings is 1. The van der Waals surface area contributed by atoms with Gasteiger partial charge in [0.2, 0.25) is 0 Å². The normalized spacial score (nSPS) is 10.4. The smallest absolute Gasteiger partial charge is 0.306 e. The quantitative estimate of drug-likeness (QED) is 0.785. The molecule has 2 aromatic rings. The van der Waals surface area contributed by atoms with Crippen molar-refractivity contribution >= 4 is 34.6 Å². The highest BCUT2D eigenvalue weighted by molar-refractivity contribution is 7.15. The molecule has 6 heteroatoms. The van der Waals surface area contributed by atoms with Crippen LogP contribution in [-0.2, 0) is 22.5 Å². The van der Waals surface area contributed by atoms with E-state index in [2.05, 4.69) is 10.3 Å². The van der Waals surface area contributed by atoms with Crippen LogP contribution in [0, 0.1) is 0 Å². The van der Waals surface area contributed by atoms with E-state index in [-0.39, 0.29) is 5.97 Å². The maximum Gasteiger partial charge on any atom is 0.306 e. The van der Waals surface area contributed by atoms with Gasteiger partial charge in [0.05, 0.1) is 13.2 Å². The van der Waals surface area contributed by atoms with Gasteiger partial charge in [-0.25, -0.2) is 4.98 Å². The summed E-state index contributed by atoms with van der Waals surface area (Å²) in [6.07, 6.45) is 2.85. The molecule has 0 saturated carbocycles. The molecule has 1 aromatic carbocycles. The van der Waals surface area contributed by atoms with Crippen molar-refractivity contribution in [2.45, 2.75) is 26.3 Å². The van der Waals surface area contributed by atoms with Gasteiger partial charge in [-0.1, -0.05) is 23.7 Å². The maximum absolute atomic E-state index is 11.4. The first-order chi connectivity index (χ1) is 10.2. The van der Waals surface area contributed by atoms with Gasteiger partial charge in [0.15, 0.2) is 4.47 Å². The Morgan fingerprint density at radius 3 is 3.05 bits per heavy atom. The number of esters is 1. The standard InChI is InChI=1S/C15H17ClN2O2S/c1-2-20-14(19)7-6-11-4-3-5-12(8-11)17-9-13-10-18-15(16)21-13/h3-5,8,10,17H,2,6-7,9H2,1H3. The largest absolute Gasteiger partial charge is 0.466 e. The van der Waals surface area contributed by atoms with Crippen LogP contribution in [0.3, 0.4) is 0 Å². The predicted octanol–water partition coefficient (Wildman–Crippen LogP) is 3.90. The van der Waals surface area contributed by atoms with Crippen LogP contribution in [0.15, 0.2) is 30.5 Å². The second-order valence-corrected chi connectivity index (χ2v) is 6.14. The van der Waals surface area contributed by atoms with Crippen molar-refractivity contribution < 1.29 is 9.53 Å². The Morgan fingerprint density at radius 1 is 1.48 bits per heavy atom. The van der Waals surface area contributed by atoms with Crippen LogP contribution in [0.4, 0.5) is 5.69 Å². The van der Waals surface area contributed by atoms with Gasteiger partial charge in [0.1, 0.15) is 0 Å². The fourth-order valence-corrected chi connectivity index (χ4v) is 2.79. The Kier molecular flexibility index (Phi) is 6.02. The SMILES string of the molecule is CCOC(=O)CCc1cccc(NCc2cnc(Cl)s2)c1. The van der Waals surface area contributed by atoms with Crippen molar-refractivity contribution in [3.63, 3.8) is 0 Å². The second-order valence-electron chi connectivity index (χ2n) is 4.44. The molecule has 0 radical (unpaired) electrons. The number of thiazole rings is 1. The van der Waals surface area contributed by atoms with E-state index in [0.717, 1.165) is 16.1 Å². The molecule has 0 aliphatic rings. The highest BCUT2D eigenvalue weighted by Gasteiger charge is 2.04. The summed E-state index contributed by atoms with van der Waals surface area (Å²) in [6.45, 7) is 2.93. The summed E-state index contributed by atoms with van der Waals surface area (Å²) in [7, 11) is 0. The maximum atomic E-state index is 11.4. The highest BCUT2D eigenvalue weighted by atomic mass is 35.5. The number of carbonyl (C=O) groups excluding carboxylic acids is 1. The van der Waals surface area contributed by atoms with Gasteiger partial charge >= 0.3 is 5.97 Å². The van der Waals surface area contributed by atoms with E-state index in [1.807, 2.05) is 31.2 Å². The van der Waals surface area contributed by atoms with E-state index in [1.165, 1.54) is 11.3 Å². The van der Waals surface area contributed by atoms with Gasteiger partial charge < -0.3 is 10.1 Å². The number of nitrogens with zero attached hydrogens (tertiary/aromatic N) is 1. The summed E-state index contributed by atoms with van der Waals surface area (Å²) in [5.74, 6) is -0.157. The molecule has 0 saturated heterocycles. The van der Waals surface area contributed by atoms with E-state index in [1.54, 1.807) is 6.20 Å². The third-order valence-corrected chi connectivity index (χ3v) is 3.96. The molecule has 0 unspecified atom stereocenters. The predicted molar refractivity (Wildman–Crippen MR) is 85.8 cm³/mol. The number of rotatable bonds is 7. The lowest BCUT2D eigenvalue weighted by molar-refractivity contribution is -0.143. The third-order valence-electron chi connectivity index (χ3n) is 2.84. The molecular formula is C15H17ClN2O2S. The molecular weight excluding hydrogens is 308 g/mol. The molecule has 4 nitrogen and oxygen atoms in total. The van der Waals surface area contributed by atoms with Crippen molar-refractivity contribution in [2.24, 2.45) is 0 Å². The number of ether oxygens (including phenoxy) is 1. The zero-order chi connectivity index (χ0) is 15.1. The Bertz CT molecular complexity index is 601. The van der Waals surface area contributed by atoms with E-state index < -0.39 is 0 Å². The molecule has 0 amide bonds. The Balaban J connectivity index is 1.86. The average Bonchev–Trinajstić information content (AvgIpc) is 2.89. The van der Waals surface area contributed by atoms with Crippen LogP contribution < -0.4 is 5.32 Å². The fraction of sp³-hybridized carbons (Fsp3) is 0.333. The molecule has 112 valence electrons. The number of hydrogen-bond acceptors (Lipinski definition) is 5. The van der Waals surface area contributed by atoms with Crippen LogP contribution in [0.25, 0.3) is 0 Å². The number of nitrogens with one attached hydrogen (secondary N) is 1. The minimum absolute atomic E-state index is 0.157. The van der Waals surface area contributed by atoms with Crippen molar-refractivity contribution in [3.05, 3.63) is 45.4 Å². The topological polar surface area (TPSA) is 51.2 Å². The number of carbonyl (C=O) groups is 1. The summed E-state index contributed by atoms with van der Waals surface area (Å²) in [6, 6.07) is 8.02. The average molecular weight is 325 g/mol. The molecule has 0 atom stereocenters. The van der Waals surface area contributed by atoms with Crippen molar-refractivity contribution in [3.8, 4) is 0 Å². The van der Waals surface area contributed by atoms with E-state index in [4.69, 9.17) is 16.3 Å². The first kappa shape index (κ1) is 15.8. The summed E-state index contributed by atoms with van der Waals surface area (Å²) in [5.41, 5.74) is 2.12. The number of anilines is 1. The summed E-state index contributed by atoms with van der Waals surface area (Å²) in [4.78, 5) is 16.4. The van der Waals surface area contributed by atoms with Crippen LogP contribution in [0.2, 0.25) is 4.47 Å². The van der Waals surface area contributed by atoms with Crippen molar-refractivity contribution in [2.75, 3.05) is 11.9 Å². The number of aromatic nitrogens is 1. The monoisotopic (exact) mass is 324 g/mol. The summed E-state index contributed by atoms with van der Waals surface area (Å²) < 4.78 is 5.48. The van der Waals surface area contributed by atoms with Gasteiger partial charge in [-0.15, -0.1) is 11.3 Å².